The van der Waals surface area contributed by atoms with Gasteiger partial charge < -0.3 is 0 Å². The van der Waals surface area contributed by atoms with Gasteiger partial charge in [0.25, 0.3) is 0 Å². The largest absolute Gasteiger partial charge is 0.146 e. The van der Waals surface area contributed by atoms with Crippen LogP contribution in [0.5, 0.6) is 0 Å². The molecule has 1 heterocycles. The van der Waals surface area contributed by atoms with Gasteiger partial charge in [-0.05, 0) is 43.5 Å². The van der Waals surface area contributed by atoms with Crippen molar-refractivity contribution in [2.45, 2.75) is 26.1 Å². The second-order valence-electron chi connectivity index (χ2n) is 4.21. The zero-order valence-corrected chi connectivity index (χ0v) is 13.2. The number of thiophene rings is 1. The molecule has 0 aliphatic carbocycles. The lowest BCUT2D eigenvalue weighted by Crippen LogP contribution is -1.95. The molecule has 2 rings (SSSR count). The Balaban J connectivity index is 2.47. The monoisotopic (exact) mass is 328 g/mol. The van der Waals surface area contributed by atoms with E-state index >= 15 is 0 Å². The average Bonchev–Trinajstić information content (AvgIpc) is 2.61. The van der Waals surface area contributed by atoms with Gasteiger partial charge >= 0.3 is 0 Å². The number of hydrogen-bond donors (Lipinski definition) is 0. The number of halogens is 2. The summed E-state index contributed by atoms with van der Waals surface area (Å²) in [4.78, 5) is 2.61. The molecule has 3 heteroatoms. The van der Waals surface area contributed by atoms with E-state index in [1.807, 2.05) is 0 Å². The van der Waals surface area contributed by atoms with Crippen LogP contribution in [0.2, 0.25) is 0 Å². The van der Waals surface area contributed by atoms with E-state index in [1.165, 1.54) is 20.9 Å². The Labute approximate surface area is 120 Å². The van der Waals surface area contributed by atoms with Crippen molar-refractivity contribution in [3.63, 3.8) is 0 Å². The minimum absolute atomic E-state index is 0.0748. The molecule has 0 nitrogen and oxygen atoms in total. The van der Waals surface area contributed by atoms with Gasteiger partial charge in [-0.2, -0.15) is 0 Å². The van der Waals surface area contributed by atoms with E-state index in [1.54, 1.807) is 11.3 Å². The van der Waals surface area contributed by atoms with Crippen molar-refractivity contribution in [1.82, 2.24) is 0 Å². The first-order chi connectivity index (χ1) is 8.00. The van der Waals surface area contributed by atoms with Crippen molar-refractivity contribution in [1.29, 1.82) is 0 Å². The zero-order chi connectivity index (χ0) is 12.6. The molecular formula is C14H14BrClS. The Morgan fingerprint density at radius 2 is 1.88 bits per heavy atom. The van der Waals surface area contributed by atoms with Gasteiger partial charge in [-0.3, -0.25) is 0 Å². The molecule has 90 valence electrons. The van der Waals surface area contributed by atoms with Gasteiger partial charge in [0.05, 0.1) is 5.38 Å². The van der Waals surface area contributed by atoms with Crippen LogP contribution in [0.1, 0.15) is 31.8 Å². The Hall–Kier alpha value is -0.310. The Kier molecular flexibility index (Phi) is 3.96. The van der Waals surface area contributed by atoms with Crippen LogP contribution in [0.25, 0.3) is 0 Å². The molecule has 0 aliphatic heterocycles. The molecule has 0 fully saturated rings. The molecule has 1 aromatic heterocycles. The molecule has 1 unspecified atom stereocenters. The maximum Gasteiger partial charge on any atom is 0.0857 e. The summed E-state index contributed by atoms with van der Waals surface area (Å²) in [7, 11) is 0. The molecule has 1 aromatic carbocycles. The van der Waals surface area contributed by atoms with Crippen LogP contribution in [-0.2, 0) is 0 Å². The molecule has 0 amide bonds. The predicted octanol–water partition coefficient (Wildman–Crippen LogP) is 5.76. The number of hydrogen-bond acceptors (Lipinski definition) is 1. The highest BCUT2D eigenvalue weighted by Gasteiger charge is 2.18. The van der Waals surface area contributed by atoms with Crippen molar-refractivity contribution in [3.8, 4) is 0 Å². The zero-order valence-electron chi connectivity index (χ0n) is 10.1. The maximum absolute atomic E-state index is 6.60. The normalized spacial score (nSPS) is 12.8. The van der Waals surface area contributed by atoms with Crippen LogP contribution in [-0.4, -0.2) is 0 Å². The molecule has 0 radical (unpaired) electrons. The maximum atomic E-state index is 6.60. The summed E-state index contributed by atoms with van der Waals surface area (Å²) in [6.45, 7) is 6.34. The topological polar surface area (TPSA) is 0 Å². The van der Waals surface area contributed by atoms with Gasteiger partial charge in [0, 0.05) is 14.2 Å². The number of benzene rings is 1. The Morgan fingerprint density at radius 1 is 1.18 bits per heavy atom. The molecule has 1 atom stereocenters. The van der Waals surface area contributed by atoms with Crippen molar-refractivity contribution in [3.05, 3.63) is 55.2 Å². The standard InChI is InChI=1S/C14H14BrClS/c1-8-5-4-6-11(13(8)15)14(16)12-7-9(2)17-10(12)3/h4-7,14H,1-3H3. The van der Waals surface area contributed by atoms with E-state index in [4.69, 9.17) is 11.6 Å². The summed E-state index contributed by atoms with van der Waals surface area (Å²) in [5, 5.41) is -0.0748. The molecule has 0 saturated heterocycles. The van der Waals surface area contributed by atoms with E-state index in [2.05, 4.69) is 61.0 Å². The molecular weight excluding hydrogens is 316 g/mol. The number of alkyl halides is 1. The van der Waals surface area contributed by atoms with E-state index in [0.29, 0.717) is 0 Å². The van der Waals surface area contributed by atoms with Crippen molar-refractivity contribution in [2.75, 3.05) is 0 Å². The summed E-state index contributed by atoms with van der Waals surface area (Å²) >= 11 is 12.0. The number of aryl methyl sites for hydroxylation is 3. The number of rotatable bonds is 2. The minimum Gasteiger partial charge on any atom is -0.146 e. The van der Waals surface area contributed by atoms with Crippen molar-refractivity contribution >= 4 is 38.9 Å². The first-order valence-corrected chi connectivity index (χ1v) is 7.51. The van der Waals surface area contributed by atoms with E-state index < -0.39 is 0 Å². The first-order valence-electron chi connectivity index (χ1n) is 5.46. The van der Waals surface area contributed by atoms with Crippen LogP contribution in [0.15, 0.2) is 28.7 Å². The SMILES string of the molecule is Cc1cc(C(Cl)c2cccc(C)c2Br)c(C)s1. The first kappa shape index (κ1) is 13.1. The van der Waals surface area contributed by atoms with E-state index in [0.717, 1.165) is 10.0 Å². The molecule has 0 saturated carbocycles. The van der Waals surface area contributed by atoms with Gasteiger partial charge in [-0.15, -0.1) is 22.9 Å². The van der Waals surface area contributed by atoms with Gasteiger partial charge in [-0.1, -0.05) is 34.1 Å². The second kappa shape index (κ2) is 5.13. The molecule has 0 spiro atoms. The molecule has 0 aliphatic rings. The Morgan fingerprint density at radius 3 is 2.47 bits per heavy atom. The molecule has 0 N–H and O–H groups in total. The third-order valence-corrected chi connectivity index (χ3v) is 5.38. The smallest absolute Gasteiger partial charge is 0.0857 e. The second-order valence-corrected chi connectivity index (χ2v) is 6.90. The predicted molar refractivity (Wildman–Crippen MR) is 80.4 cm³/mol. The van der Waals surface area contributed by atoms with Crippen molar-refractivity contribution in [2.24, 2.45) is 0 Å². The summed E-state index contributed by atoms with van der Waals surface area (Å²) < 4.78 is 1.11. The minimum atomic E-state index is -0.0748. The third kappa shape index (κ3) is 2.59. The Bertz CT molecular complexity index is 545. The van der Waals surface area contributed by atoms with Crippen molar-refractivity contribution < 1.29 is 0 Å². The highest BCUT2D eigenvalue weighted by atomic mass is 79.9. The fourth-order valence-corrected chi connectivity index (χ4v) is 4.00. The van der Waals surface area contributed by atoms with Crippen LogP contribution in [0.3, 0.4) is 0 Å². The fourth-order valence-electron chi connectivity index (χ4n) is 1.94. The van der Waals surface area contributed by atoms with E-state index in [-0.39, 0.29) is 5.38 Å². The van der Waals surface area contributed by atoms with Gasteiger partial charge in [0.15, 0.2) is 0 Å². The van der Waals surface area contributed by atoms with Crippen LogP contribution in [0.4, 0.5) is 0 Å². The van der Waals surface area contributed by atoms with Crippen LogP contribution in [0, 0.1) is 20.8 Å². The quantitative estimate of drug-likeness (QED) is 0.614. The van der Waals surface area contributed by atoms with E-state index in [9.17, 15) is 0 Å². The fraction of sp³-hybridized carbons (Fsp3) is 0.286. The van der Waals surface area contributed by atoms with Gasteiger partial charge in [0.1, 0.15) is 0 Å². The van der Waals surface area contributed by atoms with Gasteiger partial charge in [-0.25, -0.2) is 0 Å². The average molecular weight is 330 g/mol. The lowest BCUT2D eigenvalue weighted by atomic mass is 10.0. The van der Waals surface area contributed by atoms with Crippen LogP contribution >= 0.6 is 38.9 Å². The van der Waals surface area contributed by atoms with Gasteiger partial charge in [0.2, 0.25) is 0 Å². The third-order valence-electron chi connectivity index (χ3n) is 2.85. The summed E-state index contributed by atoms with van der Waals surface area (Å²) in [6.07, 6.45) is 0. The molecule has 2 aromatic rings. The highest BCUT2D eigenvalue weighted by molar-refractivity contribution is 9.10. The lowest BCUT2D eigenvalue weighted by molar-refractivity contribution is 1.11. The van der Waals surface area contributed by atoms with Crippen LogP contribution < -0.4 is 0 Å². The summed E-state index contributed by atoms with van der Waals surface area (Å²) in [5.41, 5.74) is 3.59. The lowest BCUT2D eigenvalue weighted by Gasteiger charge is -2.13. The summed E-state index contributed by atoms with van der Waals surface area (Å²) in [5.74, 6) is 0. The highest BCUT2D eigenvalue weighted by Crippen LogP contribution is 2.39. The summed E-state index contributed by atoms with van der Waals surface area (Å²) in [6, 6.07) is 8.41. The molecule has 0 bridgehead atoms. The molecule has 17 heavy (non-hydrogen) atoms.